The lowest BCUT2D eigenvalue weighted by Gasteiger charge is -2.17. The van der Waals surface area contributed by atoms with Crippen LogP contribution in [0.1, 0.15) is 0 Å². The highest BCUT2D eigenvalue weighted by Crippen LogP contribution is 2.44. The van der Waals surface area contributed by atoms with E-state index in [4.69, 9.17) is 0 Å². The summed E-state index contributed by atoms with van der Waals surface area (Å²) in [5.41, 5.74) is 0.115. The number of likely N-dealkylation sites (tertiary alicyclic amines) is 1. The molecule has 5 nitrogen and oxygen atoms in total. The second kappa shape index (κ2) is 4.26. The van der Waals surface area contributed by atoms with Crippen molar-refractivity contribution >= 4 is 15.2 Å². The molecule has 10 heteroatoms. The first-order valence-corrected chi connectivity index (χ1v) is 6.82. The molecule has 0 atom stereocenters. The average Bonchev–Trinajstić information content (AvgIpc) is 2.88. The van der Waals surface area contributed by atoms with Gasteiger partial charge in [0.05, 0.1) is 24.4 Å². The monoisotopic (exact) mass is 321 g/mol. The Labute approximate surface area is 117 Å². The summed E-state index contributed by atoms with van der Waals surface area (Å²) in [4.78, 5) is 0.442. The molecule has 0 aromatic rings. The third kappa shape index (κ3) is 2.01. The van der Waals surface area contributed by atoms with Crippen LogP contribution in [-0.4, -0.2) is 43.1 Å². The fourth-order valence-electron chi connectivity index (χ4n) is 2.26. The fourth-order valence-corrected chi connectivity index (χ4v) is 2.81. The van der Waals surface area contributed by atoms with Gasteiger partial charge < -0.3 is 4.90 Å². The second-order valence-electron chi connectivity index (χ2n) is 4.67. The van der Waals surface area contributed by atoms with Crippen LogP contribution in [0.2, 0.25) is 0 Å². The van der Waals surface area contributed by atoms with Crippen LogP contribution < -0.4 is 0 Å². The molecule has 0 bridgehead atoms. The normalized spacial score (nSPS) is 25.4. The number of fused-ring (bicyclic) bond motifs is 1. The van der Waals surface area contributed by atoms with Crippen molar-refractivity contribution in [3.05, 3.63) is 35.3 Å². The summed E-state index contributed by atoms with van der Waals surface area (Å²) < 4.78 is 75.4. The van der Waals surface area contributed by atoms with E-state index in [1.807, 2.05) is 0 Å². The summed E-state index contributed by atoms with van der Waals surface area (Å²) in [6.07, 6.45) is 4.05. The minimum atomic E-state index is -4.20. The first kappa shape index (κ1) is 14.0. The quantitative estimate of drug-likeness (QED) is 0.546. The topological polar surface area (TPSA) is 62.1 Å². The van der Waals surface area contributed by atoms with E-state index in [1.54, 1.807) is 0 Å². The molecule has 0 aromatic heterocycles. The van der Waals surface area contributed by atoms with Gasteiger partial charge in [-0.15, -0.1) is 10.2 Å². The Kier molecular flexibility index (Phi) is 2.84. The first-order valence-electron chi connectivity index (χ1n) is 5.75. The zero-order chi connectivity index (χ0) is 15.4. The van der Waals surface area contributed by atoms with Gasteiger partial charge in [-0.2, -0.15) is 26.0 Å². The van der Waals surface area contributed by atoms with Crippen LogP contribution in [-0.2, 0) is 10.3 Å². The number of rotatable bonds is 1. The van der Waals surface area contributed by atoms with E-state index < -0.39 is 35.2 Å². The molecule has 2 heterocycles. The van der Waals surface area contributed by atoms with E-state index in [0.717, 1.165) is 0 Å². The molecule has 0 unspecified atom stereocenters. The molecule has 0 amide bonds. The van der Waals surface area contributed by atoms with E-state index in [1.165, 1.54) is 18.2 Å². The van der Waals surface area contributed by atoms with Gasteiger partial charge in [-0.25, -0.2) is 0 Å². The largest absolute Gasteiger partial charge is 0.342 e. The van der Waals surface area contributed by atoms with Crippen LogP contribution >= 0.6 is 0 Å². The molecule has 0 N–H and O–H groups in total. The van der Waals surface area contributed by atoms with Crippen molar-refractivity contribution in [3.8, 4) is 0 Å². The van der Waals surface area contributed by atoms with Gasteiger partial charge in [0.2, 0.25) is 10.3 Å². The van der Waals surface area contributed by atoms with Crippen LogP contribution in [0.5, 0.6) is 0 Å². The van der Waals surface area contributed by atoms with Crippen molar-refractivity contribution in [2.45, 2.75) is 11.8 Å². The SMILES string of the molecule is O=S(=O)=C1C=CC=C2N=NC(N3CC(F)(F)C(F)(F)C3)=C21. The summed E-state index contributed by atoms with van der Waals surface area (Å²) in [7, 11) is -2.66. The molecule has 1 aliphatic carbocycles. The van der Waals surface area contributed by atoms with Crippen LogP contribution in [0.4, 0.5) is 17.6 Å². The predicted molar refractivity (Wildman–Crippen MR) is 64.5 cm³/mol. The number of halogens is 4. The summed E-state index contributed by atoms with van der Waals surface area (Å²) >= 11 is 0. The predicted octanol–water partition coefficient (Wildman–Crippen LogP) is 1.76. The highest BCUT2D eigenvalue weighted by molar-refractivity contribution is 7.73. The van der Waals surface area contributed by atoms with Gasteiger partial charge in [0.1, 0.15) is 4.86 Å². The van der Waals surface area contributed by atoms with Crippen molar-refractivity contribution in [2.24, 2.45) is 10.2 Å². The Morgan fingerprint density at radius 3 is 2.29 bits per heavy atom. The first-order chi connectivity index (χ1) is 9.73. The summed E-state index contributed by atoms with van der Waals surface area (Å²) in [6, 6.07) is 0. The summed E-state index contributed by atoms with van der Waals surface area (Å²) in [6.45, 7) is -2.48. The van der Waals surface area contributed by atoms with Crippen LogP contribution in [0, 0.1) is 0 Å². The number of hydrogen-bond donors (Lipinski definition) is 0. The maximum Gasteiger partial charge on any atom is 0.329 e. The molecule has 0 saturated carbocycles. The van der Waals surface area contributed by atoms with Crippen molar-refractivity contribution in [2.75, 3.05) is 13.1 Å². The van der Waals surface area contributed by atoms with Crippen molar-refractivity contribution in [3.63, 3.8) is 0 Å². The van der Waals surface area contributed by atoms with E-state index >= 15 is 0 Å². The minimum absolute atomic E-state index is 0.0284. The molecule has 0 spiro atoms. The van der Waals surface area contributed by atoms with E-state index in [2.05, 4.69) is 10.2 Å². The lowest BCUT2D eigenvalue weighted by molar-refractivity contribution is -0.172. The highest BCUT2D eigenvalue weighted by Gasteiger charge is 2.63. The Hall–Kier alpha value is -1.97. The molecular formula is C11H7F4N3O2S. The van der Waals surface area contributed by atoms with Crippen molar-refractivity contribution in [1.29, 1.82) is 0 Å². The number of azo groups is 1. The van der Waals surface area contributed by atoms with Gasteiger partial charge >= 0.3 is 11.8 Å². The van der Waals surface area contributed by atoms with Gasteiger partial charge in [0, 0.05) is 0 Å². The van der Waals surface area contributed by atoms with Gasteiger partial charge in [0.25, 0.3) is 0 Å². The molecule has 1 fully saturated rings. The Morgan fingerprint density at radius 2 is 1.71 bits per heavy atom. The van der Waals surface area contributed by atoms with Crippen molar-refractivity contribution < 1.29 is 26.0 Å². The lowest BCUT2D eigenvalue weighted by Crippen LogP contribution is -2.38. The number of nitrogens with zero attached hydrogens (tertiary/aromatic N) is 3. The van der Waals surface area contributed by atoms with Gasteiger partial charge in [-0.05, 0) is 12.2 Å². The molecule has 0 aromatic carbocycles. The van der Waals surface area contributed by atoms with Crippen LogP contribution in [0.3, 0.4) is 0 Å². The minimum Gasteiger partial charge on any atom is -0.342 e. The van der Waals surface area contributed by atoms with E-state index in [-0.39, 0.29) is 22.0 Å². The molecule has 3 rings (SSSR count). The van der Waals surface area contributed by atoms with Crippen LogP contribution in [0.25, 0.3) is 0 Å². The van der Waals surface area contributed by atoms with Gasteiger partial charge in [-0.1, -0.05) is 6.08 Å². The van der Waals surface area contributed by atoms with Gasteiger partial charge in [0.15, 0.2) is 5.82 Å². The highest BCUT2D eigenvalue weighted by atomic mass is 32.2. The van der Waals surface area contributed by atoms with E-state index in [9.17, 15) is 26.0 Å². The molecular weight excluding hydrogens is 314 g/mol. The Morgan fingerprint density at radius 1 is 1.10 bits per heavy atom. The molecule has 112 valence electrons. The standard InChI is InChI=1S/C11H7F4N3O2S/c12-10(13)4-18(5-11(10,14)15)9-8-6(16-17-9)2-1-3-7(8)21(19)20/h1-3H,4-5H2. The zero-order valence-corrected chi connectivity index (χ0v) is 11.0. The Bertz CT molecular complexity index is 753. The number of allylic oxidation sites excluding steroid dienone is 4. The van der Waals surface area contributed by atoms with Crippen molar-refractivity contribution in [1.82, 2.24) is 4.90 Å². The van der Waals surface area contributed by atoms with Gasteiger partial charge in [-0.3, -0.25) is 0 Å². The average molecular weight is 321 g/mol. The number of alkyl halides is 4. The third-order valence-corrected chi connectivity index (χ3v) is 3.97. The maximum atomic E-state index is 13.3. The summed E-state index contributed by atoms with van der Waals surface area (Å²) in [5.74, 6) is -8.69. The smallest absolute Gasteiger partial charge is 0.329 e. The molecule has 2 aliphatic heterocycles. The molecule has 0 radical (unpaired) electrons. The lowest BCUT2D eigenvalue weighted by atomic mass is 10.0. The third-order valence-electron chi connectivity index (χ3n) is 3.27. The summed E-state index contributed by atoms with van der Waals surface area (Å²) in [5, 5.41) is 7.23. The second-order valence-corrected chi connectivity index (χ2v) is 5.58. The van der Waals surface area contributed by atoms with E-state index in [0.29, 0.717) is 4.90 Å². The maximum absolute atomic E-state index is 13.3. The fraction of sp³-hybridized carbons (Fsp3) is 0.364. The molecule has 21 heavy (non-hydrogen) atoms. The molecule has 1 saturated heterocycles. The molecule has 3 aliphatic rings. The Balaban J connectivity index is 2.10. The number of hydrogen-bond acceptors (Lipinski definition) is 5. The van der Waals surface area contributed by atoms with Crippen LogP contribution in [0.15, 0.2) is 45.5 Å². The zero-order valence-electron chi connectivity index (χ0n) is 10.2.